The summed E-state index contributed by atoms with van der Waals surface area (Å²) in [5.74, 6) is 0.226. The summed E-state index contributed by atoms with van der Waals surface area (Å²) in [7, 11) is 0. The average molecular weight is 252 g/mol. The minimum absolute atomic E-state index is 0.0188. The van der Waals surface area contributed by atoms with Gasteiger partial charge in [0, 0.05) is 19.0 Å². The van der Waals surface area contributed by atoms with Crippen LogP contribution in [0.3, 0.4) is 0 Å². The Morgan fingerprint density at radius 1 is 1.39 bits per heavy atom. The van der Waals surface area contributed by atoms with Crippen LogP contribution >= 0.6 is 0 Å². The average Bonchev–Trinajstić information content (AvgIpc) is 2.52. The summed E-state index contributed by atoms with van der Waals surface area (Å²) in [5, 5.41) is 2.79. The molecular formula is C14H24N2O2. The largest absolute Gasteiger partial charge is 0.352 e. The number of carbonyl (C=O) groups is 2. The van der Waals surface area contributed by atoms with Gasteiger partial charge in [-0.3, -0.25) is 14.5 Å². The van der Waals surface area contributed by atoms with Crippen molar-refractivity contribution in [3.63, 3.8) is 0 Å². The second kappa shape index (κ2) is 8.03. The molecule has 1 N–H and O–H groups in total. The number of ketones is 1. The van der Waals surface area contributed by atoms with E-state index in [1.165, 1.54) is 6.42 Å². The molecule has 1 atom stereocenters. The van der Waals surface area contributed by atoms with Crippen LogP contribution in [0.4, 0.5) is 0 Å². The molecule has 0 aromatic carbocycles. The predicted octanol–water partition coefficient (Wildman–Crippen LogP) is 1.51. The topological polar surface area (TPSA) is 49.4 Å². The Hall–Kier alpha value is -1.16. The Balaban J connectivity index is 2.52. The maximum absolute atomic E-state index is 11.7. The summed E-state index contributed by atoms with van der Waals surface area (Å²) >= 11 is 0. The van der Waals surface area contributed by atoms with Crippen molar-refractivity contribution in [1.82, 2.24) is 10.2 Å². The maximum atomic E-state index is 11.7. The first-order valence-corrected chi connectivity index (χ1v) is 6.74. The van der Waals surface area contributed by atoms with E-state index in [9.17, 15) is 9.59 Å². The van der Waals surface area contributed by atoms with Crippen molar-refractivity contribution in [2.75, 3.05) is 19.6 Å². The van der Waals surface area contributed by atoms with Gasteiger partial charge in [-0.15, -0.1) is 6.58 Å². The zero-order valence-corrected chi connectivity index (χ0v) is 11.3. The van der Waals surface area contributed by atoms with Crippen LogP contribution in [0.5, 0.6) is 0 Å². The first-order valence-electron chi connectivity index (χ1n) is 6.74. The van der Waals surface area contributed by atoms with Crippen LogP contribution in [0.1, 0.15) is 39.0 Å². The molecule has 1 aliphatic heterocycles. The van der Waals surface area contributed by atoms with Crippen LogP contribution < -0.4 is 5.32 Å². The van der Waals surface area contributed by atoms with Gasteiger partial charge in [0.1, 0.15) is 5.78 Å². The summed E-state index contributed by atoms with van der Waals surface area (Å²) in [5.41, 5.74) is 0. The lowest BCUT2D eigenvalue weighted by Crippen LogP contribution is -2.43. The van der Waals surface area contributed by atoms with Crippen molar-refractivity contribution in [1.29, 1.82) is 0 Å². The van der Waals surface area contributed by atoms with E-state index in [1.54, 1.807) is 13.0 Å². The lowest BCUT2D eigenvalue weighted by Gasteiger charge is -2.28. The summed E-state index contributed by atoms with van der Waals surface area (Å²) in [6.45, 7) is 7.02. The van der Waals surface area contributed by atoms with Crippen molar-refractivity contribution in [2.24, 2.45) is 0 Å². The third kappa shape index (κ3) is 5.45. The van der Waals surface area contributed by atoms with Gasteiger partial charge >= 0.3 is 0 Å². The van der Waals surface area contributed by atoms with E-state index in [4.69, 9.17) is 0 Å². The minimum atomic E-state index is 0.0188. The van der Waals surface area contributed by atoms with Crippen molar-refractivity contribution in [3.8, 4) is 0 Å². The van der Waals surface area contributed by atoms with E-state index in [-0.39, 0.29) is 17.7 Å². The van der Waals surface area contributed by atoms with Crippen molar-refractivity contribution >= 4 is 11.7 Å². The Morgan fingerprint density at radius 2 is 2.17 bits per heavy atom. The molecule has 18 heavy (non-hydrogen) atoms. The summed E-state index contributed by atoms with van der Waals surface area (Å²) in [4.78, 5) is 25.2. The predicted molar refractivity (Wildman–Crippen MR) is 72.3 cm³/mol. The van der Waals surface area contributed by atoms with E-state index in [1.807, 2.05) is 0 Å². The van der Waals surface area contributed by atoms with Crippen LogP contribution in [-0.2, 0) is 9.59 Å². The van der Waals surface area contributed by atoms with Crippen molar-refractivity contribution in [3.05, 3.63) is 12.7 Å². The van der Waals surface area contributed by atoms with E-state index in [0.717, 1.165) is 25.8 Å². The van der Waals surface area contributed by atoms with E-state index in [0.29, 0.717) is 19.5 Å². The van der Waals surface area contributed by atoms with Gasteiger partial charge in [-0.2, -0.15) is 0 Å². The fourth-order valence-electron chi connectivity index (χ4n) is 2.43. The molecule has 4 heteroatoms. The molecule has 1 aliphatic rings. The quantitative estimate of drug-likeness (QED) is 0.729. The molecule has 1 heterocycles. The normalized spacial score (nSPS) is 21.1. The van der Waals surface area contributed by atoms with Crippen LogP contribution in [0.2, 0.25) is 0 Å². The second-order valence-electron chi connectivity index (χ2n) is 4.97. The fraction of sp³-hybridized carbons (Fsp3) is 0.714. The second-order valence-corrected chi connectivity index (χ2v) is 4.97. The highest BCUT2D eigenvalue weighted by Gasteiger charge is 2.23. The van der Waals surface area contributed by atoms with Gasteiger partial charge in [-0.1, -0.05) is 18.9 Å². The number of hydrogen-bond donors (Lipinski definition) is 1. The zero-order chi connectivity index (χ0) is 13.4. The highest BCUT2D eigenvalue weighted by molar-refractivity contribution is 5.78. The maximum Gasteiger partial charge on any atom is 0.234 e. The van der Waals surface area contributed by atoms with Gasteiger partial charge in [0.15, 0.2) is 0 Å². The Kier molecular flexibility index (Phi) is 6.65. The van der Waals surface area contributed by atoms with Crippen LogP contribution in [0.25, 0.3) is 0 Å². The first-order chi connectivity index (χ1) is 8.63. The lowest BCUT2D eigenvalue weighted by atomic mass is 10.0. The van der Waals surface area contributed by atoms with Crippen LogP contribution in [0, 0.1) is 0 Å². The van der Waals surface area contributed by atoms with Gasteiger partial charge in [0.25, 0.3) is 0 Å². The van der Waals surface area contributed by atoms with Crippen molar-refractivity contribution < 1.29 is 9.59 Å². The fourth-order valence-corrected chi connectivity index (χ4v) is 2.43. The minimum Gasteiger partial charge on any atom is -0.352 e. The molecule has 4 nitrogen and oxygen atoms in total. The number of nitrogens with one attached hydrogen (secondary N) is 1. The molecule has 1 unspecified atom stereocenters. The lowest BCUT2D eigenvalue weighted by molar-refractivity contribution is -0.124. The van der Waals surface area contributed by atoms with Gasteiger partial charge in [0.05, 0.1) is 6.54 Å². The van der Waals surface area contributed by atoms with E-state index in [2.05, 4.69) is 16.8 Å². The van der Waals surface area contributed by atoms with Crippen LogP contribution in [-0.4, -0.2) is 42.3 Å². The molecular weight excluding hydrogens is 228 g/mol. The summed E-state index contributed by atoms with van der Waals surface area (Å²) in [6, 6.07) is 0.236. The van der Waals surface area contributed by atoms with Crippen molar-refractivity contribution in [2.45, 2.75) is 45.1 Å². The van der Waals surface area contributed by atoms with Gasteiger partial charge < -0.3 is 5.32 Å². The van der Waals surface area contributed by atoms with E-state index < -0.39 is 0 Å². The monoisotopic (exact) mass is 252 g/mol. The molecule has 1 saturated heterocycles. The Labute approximate surface area is 109 Å². The smallest absolute Gasteiger partial charge is 0.234 e. The number of rotatable bonds is 6. The highest BCUT2D eigenvalue weighted by atomic mass is 16.2. The number of amides is 1. The number of Topliss-reactive ketones (excluding diaryl/α,β-unsaturated/α-hetero) is 1. The number of carbonyl (C=O) groups excluding carboxylic acids is 2. The number of nitrogens with zero attached hydrogens (tertiary/aromatic N) is 1. The van der Waals surface area contributed by atoms with Crippen LogP contribution in [0.15, 0.2) is 12.7 Å². The van der Waals surface area contributed by atoms with Gasteiger partial charge in [-0.05, 0) is 26.3 Å². The Morgan fingerprint density at radius 3 is 2.83 bits per heavy atom. The zero-order valence-electron chi connectivity index (χ0n) is 11.3. The molecule has 0 bridgehead atoms. The summed E-state index contributed by atoms with van der Waals surface area (Å²) < 4.78 is 0. The van der Waals surface area contributed by atoms with Gasteiger partial charge in [-0.25, -0.2) is 0 Å². The molecule has 0 aromatic heterocycles. The Bertz CT molecular complexity index is 302. The van der Waals surface area contributed by atoms with Gasteiger partial charge in [0.2, 0.25) is 5.91 Å². The molecule has 0 saturated carbocycles. The molecule has 0 aliphatic carbocycles. The highest BCUT2D eigenvalue weighted by Crippen LogP contribution is 2.19. The number of hydrogen-bond acceptors (Lipinski definition) is 3. The standard InChI is InChI=1S/C14H24N2O2/c1-3-8-15-14(18)11-16-9-6-4-5-7-13(16)10-12(2)17/h3,13H,1,4-11H2,2H3,(H,15,18). The molecule has 0 aromatic rings. The molecule has 1 rings (SSSR count). The van der Waals surface area contributed by atoms with E-state index >= 15 is 0 Å². The third-order valence-corrected chi connectivity index (χ3v) is 3.31. The molecule has 0 spiro atoms. The number of likely N-dealkylation sites (tertiary alicyclic amines) is 1. The summed E-state index contributed by atoms with van der Waals surface area (Å²) in [6.07, 6.45) is 6.72. The molecule has 102 valence electrons. The third-order valence-electron chi connectivity index (χ3n) is 3.31. The first kappa shape index (κ1) is 14.9. The SMILES string of the molecule is C=CCNC(=O)CN1CCCCCC1CC(C)=O. The molecule has 1 fully saturated rings. The molecule has 1 amide bonds. The molecule has 0 radical (unpaired) electrons.